The smallest absolute Gasteiger partial charge is 0.265 e. The zero-order chi connectivity index (χ0) is 24.0. The molecule has 0 aromatic heterocycles. The molecule has 3 rings (SSSR count). The molecule has 2 N–H and O–H groups in total. The molecule has 8 nitrogen and oxygen atoms in total. The summed E-state index contributed by atoms with van der Waals surface area (Å²) in [5, 5.41) is 3.21. The monoisotopic (exact) mass is 490 g/mol. The molecule has 0 fully saturated rings. The Hall–Kier alpha value is -3.43. The van der Waals surface area contributed by atoms with E-state index in [1.165, 1.54) is 32.4 Å². The van der Waals surface area contributed by atoms with Crippen LogP contribution < -0.4 is 24.2 Å². The maximum absolute atomic E-state index is 13.0. The molecule has 10 heteroatoms. The predicted molar refractivity (Wildman–Crippen MR) is 127 cm³/mol. The van der Waals surface area contributed by atoms with E-state index in [0.717, 1.165) is 0 Å². The van der Waals surface area contributed by atoms with E-state index in [1.54, 1.807) is 55.5 Å². The van der Waals surface area contributed by atoms with Gasteiger partial charge in [0.05, 0.1) is 14.2 Å². The third-order valence-corrected chi connectivity index (χ3v) is 6.21. The number of amides is 1. The molecule has 0 aliphatic rings. The van der Waals surface area contributed by atoms with Crippen molar-refractivity contribution in [2.24, 2.45) is 0 Å². The molecule has 3 aromatic rings. The first-order chi connectivity index (χ1) is 15.7. The van der Waals surface area contributed by atoms with E-state index in [1.807, 2.05) is 0 Å². The molecule has 174 valence electrons. The zero-order valence-corrected chi connectivity index (χ0v) is 19.7. The van der Waals surface area contributed by atoms with Crippen LogP contribution in [-0.2, 0) is 14.8 Å². The molecular weight excluding hydrogens is 468 g/mol. The van der Waals surface area contributed by atoms with E-state index in [-0.39, 0.29) is 16.3 Å². The lowest BCUT2D eigenvalue weighted by Crippen LogP contribution is -2.30. The molecule has 3 aromatic carbocycles. The number of sulfonamides is 1. The molecule has 0 saturated carbocycles. The summed E-state index contributed by atoms with van der Waals surface area (Å²) < 4.78 is 44.4. The Bertz CT molecular complexity index is 1210. The molecule has 1 unspecified atom stereocenters. The van der Waals surface area contributed by atoms with Crippen molar-refractivity contribution in [2.45, 2.75) is 17.9 Å². The van der Waals surface area contributed by atoms with Gasteiger partial charge in [0, 0.05) is 16.4 Å². The molecule has 0 radical (unpaired) electrons. The van der Waals surface area contributed by atoms with Gasteiger partial charge in [0.2, 0.25) is 0 Å². The van der Waals surface area contributed by atoms with Crippen molar-refractivity contribution >= 4 is 38.9 Å². The highest BCUT2D eigenvalue weighted by atomic mass is 35.5. The van der Waals surface area contributed by atoms with E-state index in [9.17, 15) is 13.2 Å². The number of rotatable bonds is 9. The third-order valence-electron chi connectivity index (χ3n) is 4.56. The fraction of sp³-hybridized carbons (Fsp3) is 0.174. The van der Waals surface area contributed by atoms with Gasteiger partial charge in [-0.25, -0.2) is 8.42 Å². The number of hydrogen-bond donors (Lipinski definition) is 2. The van der Waals surface area contributed by atoms with Gasteiger partial charge in [-0.1, -0.05) is 11.6 Å². The van der Waals surface area contributed by atoms with Crippen LogP contribution in [0.25, 0.3) is 0 Å². The lowest BCUT2D eigenvalue weighted by atomic mass is 10.2. The van der Waals surface area contributed by atoms with Crippen LogP contribution in [0.1, 0.15) is 6.92 Å². The van der Waals surface area contributed by atoms with Gasteiger partial charge in [-0.2, -0.15) is 0 Å². The second-order valence-corrected chi connectivity index (χ2v) is 8.99. The summed E-state index contributed by atoms with van der Waals surface area (Å²) in [5.41, 5.74) is 0.611. The van der Waals surface area contributed by atoms with Gasteiger partial charge in [-0.3, -0.25) is 9.52 Å². The minimum atomic E-state index is -4.02. The number of carbonyl (C=O) groups excluding carboxylic acids is 1. The van der Waals surface area contributed by atoms with Gasteiger partial charge in [0.15, 0.2) is 6.10 Å². The lowest BCUT2D eigenvalue weighted by molar-refractivity contribution is -0.122. The fourth-order valence-electron chi connectivity index (χ4n) is 2.85. The van der Waals surface area contributed by atoms with Gasteiger partial charge < -0.3 is 19.5 Å². The second-order valence-electron chi connectivity index (χ2n) is 6.90. The van der Waals surface area contributed by atoms with Crippen molar-refractivity contribution in [2.75, 3.05) is 24.3 Å². The average Bonchev–Trinajstić information content (AvgIpc) is 2.80. The highest BCUT2D eigenvalue weighted by Gasteiger charge is 2.22. The quantitative estimate of drug-likeness (QED) is 0.455. The number of carbonyl (C=O) groups is 1. The van der Waals surface area contributed by atoms with Crippen LogP contribution in [-0.4, -0.2) is 34.6 Å². The van der Waals surface area contributed by atoms with Crippen molar-refractivity contribution in [3.8, 4) is 17.2 Å². The fourth-order valence-corrected chi connectivity index (χ4v) is 4.23. The Morgan fingerprint density at radius 3 is 2.09 bits per heavy atom. The van der Waals surface area contributed by atoms with E-state index in [0.29, 0.717) is 22.2 Å². The molecule has 0 aliphatic heterocycles. The molecule has 1 amide bonds. The van der Waals surface area contributed by atoms with Crippen molar-refractivity contribution in [1.29, 1.82) is 0 Å². The summed E-state index contributed by atoms with van der Waals surface area (Å²) in [6.45, 7) is 1.58. The summed E-state index contributed by atoms with van der Waals surface area (Å²) in [5.74, 6) is 0.736. The van der Waals surface area contributed by atoms with Crippen molar-refractivity contribution in [1.82, 2.24) is 0 Å². The molecule has 1 atom stereocenters. The summed E-state index contributed by atoms with van der Waals surface area (Å²) in [6, 6.07) is 17.3. The highest BCUT2D eigenvalue weighted by Crippen LogP contribution is 2.29. The van der Waals surface area contributed by atoms with Crippen molar-refractivity contribution in [3.63, 3.8) is 0 Å². The van der Waals surface area contributed by atoms with Crippen molar-refractivity contribution in [3.05, 3.63) is 71.8 Å². The molecular formula is C23H23ClN2O6S. The third kappa shape index (κ3) is 6.30. The Morgan fingerprint density at radius 2 is 1.48 bits per heavy atom. The Kier molecular flexibility index (Phi) is 7.67. The van der Waals surface area contributed by atoms with Crippen LogP contribution in [0.15, 0.2) is 71.6 Å². The normalized spacial score (nSPS) is 11.9. The van der Waals surface area contributed by atoms with E-state index in [2.05, 4.69) is 10.0 Å². The van der Waals surface area contributed by atoms with Crippen LogP contribution >= 0.6 is 11.6 Å². The molecule has 0 heterocycles. The van der Waals surface area contributed by atoms with Crippen LogP contribution in [0.3, 0.4) is 0 Å². The van der Waals surface area contributed by atoms with Gasteiger partial charge >= 0.3 is 0 Å². The molecule has 0 bridgehead atoms. The number of methoxy groups -OCH3 is 2. The maximum atomic E-state index is 13.0. The van der Waals surface area contributed by atoms with E-state index >= 15 is 0 Å². The van der Waals surface area contributed by atoms with Gasteiger partial charge in [0.25, 0.3) is 15.9 Å². The van der Waals surface area contributed by atoms with Crippen LogP contribution in [0, 0.1) is 0 Å². The summed E-state index contributed by atoms with van der Waals surface area (Å²) in [7, 11) is -1.14. The molecule has 0 aliphatic carbocycles. The molecule has 33 heavy (non-hydrogen) atoms. The largest absolute Gasteiger partial charge is 0.497 e. The average molecular weight is 491 g/mol. The number of hydrogen-bond acceptors (Lipinski definition) is 6. The molecule has 0 spiro atoms. The number of halogens is 1. The second kappa shape index (κ2) is 10.5. The number of benzene rings is 3. The highest BCUT2D eigenvalue weighted by molar-refractivity contribution is 7.92. The van der Waals surface area contributed by atoms with Gasteiger partial charge in [0.1, 0.15) is 22.1 Å². The van der Waals surface area contributed by atoms with Crippen LogP contribution in [0.4, 0.5) is 11.4 Å². The van der Waals surface area contributed by atoms with Crippen LogP contribution in [0.5, 0.6) is 17.2 Å². The van der Waals surface area contributed by atoms with Gasteiger partial charge in [-0.15, -0.1) is 0 Å². The Labute approximate surface area is 197 Å². The van der Waals surface area contributed by atoms with Crippen LogP contribution in [0.2, 0.25) is 5.02 Å². The van der Waals surface area contributed by atoms with E-state index in [4.69, 9.17) is 25.8 Å². The first kappa shape index (κ1) is 24.2. The standard InChI is InChI=1S/C23H23ClN2O6S/c1-15(32-20-9-4-16(24)5-10-20)23(27)25-18-8-13-21(31-3)22(14-18)33(28,29)26-17-6-11-19(30-2)12-7-17/h4-15,26H,1-3H3,(H,25,27). The summed E-state index contributed by atoms with van der Waals surface area (Å²) in [4.78, 5) is 12.4. The number of ether oxygens (including phenoxy) is 3. The summed E-state index contributed by atoms with van der Waals surface area (Å²) >= 11 is 5.85. The van der Waals surface area contributed by atoms with Gasteiger partial charge in [-0.05, 0) is 73.7 Å². The molecule has 0 saturated heterocycles. The van der Waals surface area contributed by atoms with Crippen molar-refractivity contribution < 1.29 is 27.4 Å². The first-order valence-electron chi connectivity index (χ1n) is 9.80. The number of anilines is 2. The minimum absolute atomic E-state index is 0.125. The Balaban J connectivity index is 1.77. The zero-order valence-electron chi connectivity index (χ0n) is 18.2. The predicted octanol–water partition coefficient (Wildman–Crippen LogP) is 4.56. The SMILES string of the molecule is COc1ccc(NS(=O)(=O)c2cc(NC(=O)C(C)Oc3ccc(Cl)cc3)ccc2OC)cc1. The Morgan fingerprint density at radius 1 is 0.879 bits per heavy atom. The summed E-state index contributed by atoms with van der Waals surface area (Å²) in [6.07, 6.45) is -0.842. The van der Waals surface area contributed by atoms with E-state index < -0.39 is 22.0 Å². The minimum Gasteiger partial charge on any atom is -0.497 e. The number of nitrogens with one attached hydrogen (secondary N) is 2. The maximum Gasteiger partial charge on any atom is 0.265 e. The topological polar surface area (TPSA) is 103 Å². The lowest BCUT2D eigenvalue weighted by Gasteiger charge is -2.16. The first-order valence-corrected chi connectivity index (χ1v) is 11.7.